The number of rotatable bonds is 6. The van der Waals surface area contributed by atoms with Gasteiger partial charge in [-0.3, -0.25) is 4.99 Å². The van der Waals surface area contributed by atoms with E-state index in [1.54, 1.807) is 18.1 Å². The molecule has 164 valence electrons. The summed E-state index contributed by atoms with van der Waals surface area (Å²) >= 11 is 1.63. The van der Waals surface area contributed by atoms with Crippen LogP contribution in [0.15, 0.2) is 87.8 Å². The quantitative estimate of drug-likeness (QED) is 0.444. The molecule has 1 aromatic heterocycles. The molecule has 1 aliphatic rings. The van der Waals surface area contributed by atoms with E-state index in [4.69, 9.17) is 0 Å². The molecule has 1 aliphatic heterocycles. The lowest BCUT2D eigenvalue weighted by atomic mass is 9.87. The Morgan fingerprint density at radius 1 is 1.09 bits per heavy atom. The van der Waals surface area contributed by atoms with Gasteiger partial charge in [-0.05, 0) is 59.4 Å². The van der Waals surface area contributed by atoms with Crippen LogP contribution in [0.4, 0.5) is 5.69 Å². The van der Waals surface area contributed by atoms with Crippen LogP contribution in [0.3, 0.4) is 0 Å². The summed E-state index contributed by atoms with van der Waals surface area (Å²) < 4.78 is 0. The predicted molar refractivity (Wildman–Crippen MR) is 135 cm³/mol. The third-order valence-electron chi connectivity index (χ3n) is 5.39. The SMILES string of the molecule is C=C(NC1=NCC(C(C)(C)C)=C1)Nc1cccc(Sc2ncnc3cc(CC)ccc23)c1. The van der Waals surface area contributed by atoms with E-state index in [1.807, 2.05) is 12.1 Å². The van der Waals surface area contributed by atoms with Gasteiger partial charge in [0.05, 0.1) is 12.1 Å². The number of nitrogens with one attached hydrogen (secondary N) is 2. The second-order valence-corrected chi connectivity index (χ2v) is 9.93. The number of anilines is 1. The van der Waals surface area contributed by atoms with Gasteiger partial charge >= 0.3 is 0 Å². The third-order valence-corrected chi connectivity index (χ3v) is 6.40. The van der Waals surface area contributed by atoms with Gasteiger partial charge in [-0.15, -0.1) is 0 Å². The van der Waals surface area contributed by atoms with E-state index in [0.29, 0.717) is 5.82 Å². The number of amidine groups is 1. The van der Waals surface area contributed by atoms with E-state index in [9.17, 15) is 0 Å². The Morgan fingerprint density at radius 3 is 2.69 bits per heavy atom. The van der Waals surface area contributed by atoms with E-state index in [2.05, 4.69) is 96.3 Å². The fraction of sp³-hybridized carbons (Fsp3) is 0.269. The summed E-state index contributed by atoms with van der Waals surface area (Å²) in [6.45, 7) is 13.6. The highest BCUT2D eigenvalue weighted by Crippen LogP contribution is 2.33. The molecule has 2 aromatic carbocycles. The smallest absolute Gasteiger partial charge is 0.126 e. The molecule has 0 bridgehead atoms. The van der Waals surface area contributed by atoms with Crippen molar-refractivity contribution in [2.75, 3.05) is 11.9 Å². The van der Waals surface area contributed by atoms with Crippen molar-refractivity contribution < 1.29 is 0 Å². The summed E-state index contributed by atoms with van der Waals surface area (Å²) in [5.74, 6) is 1.54. The maximum absolute atomic E-state index is 4.57. The molecule has 0 radical (unpaired) electrons. The predicted octanol–water partition coefficient (Wildman–Crippen LogP) is 6.20. The lowest BCUT2D eigenvalue weighted by molar-refractivity contribution is 0.499. The second-order valence-electron chi connectivity index (χ2n) is 8.86. The zero-order chi connectivity index (χ0) is 22.7. The summed E-state index contributed by atoms with van der Waals surface area (Å²) in [5, 5.41) is 8.63. The highest BCUT2D eigenvalue weighted by Gasteiger charge is 2.21. The van der Waals surface area contributed by atoms with Gasteiger partial charge in [0.2, 0.25) is 0 Å². The molecule has 3 aromatic rings. The molecule has 0 saturated carbocycles. The Bertz CT molecular complexity index is 1220. The van der Waals surface area contributed by atoms with Crippen LogP contribution in [0, 0.1) is 5.41 Å². The van der Waals surface area contributed by atoms with Crippen LogP contribution >= 0.6 is 11.8 Å². The van der Waals surface area contributed by atoms with Crippen LogP contribution in [-0.4, -0.2) is 22.3 Å². The number of benzene rings is 2. The van der Waals surface area contributed by atoms with E-state index in [-0.39, 0.29) is 5.41 Å². The minimum absolute atomic E-state index is 0.122. The van der Waals surface area contributed by atoms with Crippen molar-refractivity contribution in [3.05, 3.63) is 78.4 Å². The minimum atomic E-state index is 0.122. The summed E-state index contributed by atoms with van der Waals surface area (Å²) in [6.07, 6.45) is 4.75. The number of aliphatic imine (C=N–C) groups is 1. The van der Waals surface area contributed by atoms with Gasteiger partial charge in [0.1, 0.15) is 23.0 Å². The zero-order valence-electron chi connectivity index (χ0n) is 19.1. The lowest BCUT2D eigenvalue weighted by Crippen LogP contribution is -2.24. The average Bonchev–Trinajstić information content (AvgIpc) is 3.22. The van der Waals surface area contributed by atoms with E-state index in [1.165, 1.54) is 11.1 Å². The molecule has 0 amide bonds. The molecule has 0 saturated heterocycles. The van der Waals surface area contributed by atoms with Crippen molar-refractivity contribution in [1.82, 2.24) is 15.3 Å². The van der Waals surface area contributed by atoms with Crippen LogP contribution in [-0.2, 0) is 6.42 Å². The van der Waals surface area contributed by atoms with Crippen LogP contribution in [0.25, 0.3) is 10.9 Å². The van der Waals surface area contributed by atoms with Gasteiger partial charge in [0.15, 0.2) is 0 Å². The average molecular weight is 444 g/mol. The first-order valence-electron chi connectivity index (χ1n) is 10.8. The molecule has 0 aliphatic carbocycles. The molecule has 5 nitrogen and oxygen atoms in total. The molecule has 0 unspecified atom stereocenters. The number of fused-ring (bicyclic) bond motifs is 1. The Labute approximate surface area is 194 Å². The van der Waals surface area contributed by atoms with Crippen LogP contribution < -0.4 is 10.6 Å². The van der Waals surface area contributed by atoms with Gasteiger partial charge in [-0.2, -0.15) is 0 Å². The molecule has 32 heavy (non-hydrogen) atoms. The third kappa shape index (κ3) is 5.19. The van der Waals surface area contributed by atoms with Gasteiger partial charge in [0, 0.05) is 16.0 Å². The highest BCUT2D eigenvalue weighted by molar-refractivity contribution is 7.99. The Balaban J connectivity index is 1.45. The summed E-state index contributed by atoms with van der Waals surface area (Å²) in [6, 6.07) is 14.6. The van der Waals surface area contributed by atoms with Crippen molar-refractivity contribution in [3.63, 3.8) is 0 Å². The van der Waals surface area contributed by atoms with Gasteiger partial charge in [-0.1, -0.05) is 58.2 Å². The van der Waals surface area contributed by atoms with Crippen molar-refractivity contribution in [3.8, 4) is 0 Å². The number of hydrogen-bond donors (Lipinski definition) is 2. The molecule has 0 fully saturated rings. The molecular weight excluding hydrogens is 414 g/mol. The molecule has 6 heteroatoms. The molecule has 4 rings (SSSR count). The summed E-state index contributed by atoms with van der Waals surface area (Å²) in [4.78, 5) is 14.6. The van der Waals surface area contributed by atoms with Crippen molar-refractivity contribution >= 4 is 34.2 Å². The van der Waals surface area contributed by atoms with E-state index < -0.39 is 0 Å². The zero-order valence-corrected chi connectivity index (χ0v) is 19.9. The fourth-order valence-corrected chi connectivity index (χ4v) is 4.38. The Hall–Kier alpha value is -3.12. The minimum Gasteiger partial charge on any atom is -0.342 e. The van der Waals surface area contributed by atoms with Gasteiger partial charge in [-0.25, -0.2) is 9.97 Å². The number of nitrogens with zero attached hydrogens (tertiary/aromatic N) is 3. The second kappa shape index (κ2) is 9.17. The first-order valence-corrected chi connectivity index (χ1v) is 11.6. The topological polar surface area (TPSA) is 62.2 Å². The Morgan fingerprint density at radius 2 is 1.94 bits per heavy atom. The lowest BCUT2D eigenvalue weighted by Gasteiger charge is -2.18. The molecular formula is C26H29N5S. The molecule has 2 N–H and O–H groups in total. The monoisotopic (exact) mass is 443 g/mol. The van der Waals surface area contributed by atoms with Crippen LogP contribution in [0.1, 0.15) is 33.3 Å². The maximum Gasteiger partial charge on any atom is 0.126 e. The van der Waals surface area contributed by atoms with Crippen LogP contribution in [0.2, 0.25) is 0 Å². The van der Waals surface area contributed by atoms with Gasteiger partial charge in [0.25, 0.3) is 0 Å². The largest absolute Gasteiger partial charge is 0.342 e. The number of aryl methyl sites for hydroxylation is 1. The highest BCUT2D eigenvalue weighted by atomic mass is 32.2. The number of hydrogen-bond acceptors (Lipinski definition) is 6. The Kier molecular flexibility index (Phi) is 6.33. The van der Waals surface area contributed by atoms with E-state index in [0.717, 1.165) is 45.3 Å². The maximum atomic E-state index is 4.57. The summed E-state index contributed by atoms with van der Waals surface area (Å²) in [7, 11) is 0. The standard InChI is InChI=1S/C26H29N5S/c1-6-18-10-11-22-23(12-18)28-16-29-25(22)32-21-9-7-8-20(14-21)30-17(2)31-24-13-19(15-27-24)26(3,4)5/h7-14,16,30H,2,6,15H2,1,3-5H3,(H,27,31). The molecule has 0 spiro atoms. The normalized spacial score (nSPS) is 13.6. The van der Waals surface area contributed by atoms with Crippen molar-refractivity contribution in [2.45, 2.75) is 44.0 Å². The molecule has 2 heterocycles. The first kappa shape index (κ1) is 22.1. The molecule has 0 atom stereocenters. The van der Waals surface area contributed by atoms with E-state index >= 15 is 0 Å². The fourth-order valence-electron chi connectivity index (χ4n) is 3.44. The first-order chi connectivity index (χ1) is 15.3. The number of aromatic nitrogens is 2. The van der Waals surface area contributed by atoms with Gasteiger partial charge < -0.3 is 10.6 Å². The van der Waals surface area contributed by atoms with Crippen molar-refractivity contribution in [2.24, 2.45) is 10.4 Å². The summed E-state index contributed by atoms with van der Waals surface area (Å²) in [5.41, 5.74) is 4.65. The van der Waals surface area contributed by atoms with Crippen LogP contribution in [0.5, 0.6) is 0 Å². The van der Waals surface area contributed by atoms with Crippen molar-refractivity contribution in [1.29, 1.82) is 0 Å².